The topological polar surface area (TPSA) is 326 Å². The van der Waals surface area contributed by atoms with Gasteiger partial charge in [-0.15, -0.1) is 0 Å². The highest BCUT2D eigenvalue weighted by molar-refractivity contribution is 4.62. The molecule has 0 spiro atoms. The average Bonchev–Trinajstić information content (AvgIpc) is 3.08. The Balaban J connectivity index is 3.72. The summed E-state index contributed by atoms with van der Waals surface area (Å²) in [6.07, 6.45) is -10.3. The maximum atomic E-state index is 9.95. The fourth-order valence-electron chi connectivity index (χ4n) is 3.55. The average molecular weight is 759 g/mol. The van der Waals surface area contributed by atoms with Gasteiger partial charge in [0.05, 0.1) is 132 Å². The van der Waals surface area contributed by atoms with Gasteiger partial charge in [-0.05, 0) is 0 Å². The first-order chi connectivity index (χ1) is 24.4. The van der Waals surface area contributed by atoms with Crippen LogP contribution in [0.1, 0.15) is 0 Å². The molecule has 0 rings (SSSR count). The van der Waals surface area contributed by atoms with Crippen molar-refractivity contribution in [2.45, 2.75) is 61.0 Å². The van der Waals surface area contributed by atoms with E-state index >= 15 is 0 Å². The Labute approximate surface area is 297 Å². The van der Waals surface area contributed by atoms with Crippen molar-refractivity contribution in [3.05, 3.63) is 0 Å². The quantitative estimate of drug-likeness (QED) is 0.0278. The Bertz CT molecular complexity index is 686. The predicted octanol–water partition coefficient (Wildman–Crippen LogP) is -7.27. The fraction of sp³-hybridized carbons (Fsp3) is 1.00. The van der Waals surface area contributed by atoms with Crippen LogP contribution < -0.4 is 0 Å². The lowest BCUT2D eigenvalue weighted by Gasteiger charge is -2.18. The predicted molar refractivity (Wildman–Crippen MR) is 172 cm³/mol. The monoisotopic (exact) mass is 758 g/mol. The summed E-state index contributed by atoms with van der Waals surface area (Å²) in [4.78, 5) is 0. The van der Waals surface area contributed by atoms with E-state index in [-0.39, 0.29) is 119 Å². The van der Waals surface area contributed by atoms with Crippen molar-refractivity contribution < 1.29 is 104 Å². The smallest absolute Gasteiger partial charge is 0.101 e. The van der Waals surface area contributed by atoms with Gasteiger partial charge in [-0.2, -0.15) is 0 Å². The highest BCUT2D eigenvalue weighted by Crippen LogP contribution is 1.99. The van der Waals surface area contributed by atoms with Crippen molar-refractivity contribution in [1.29, 1.82) is 0 Å². The molecule has 21 nitrogen and oxygen atoms in total. The molecular weight excluding hydrogens is 696 g/mol. The van der Waals surface area contributed by atoms with Crippen LogP contribution in [0.5, 0.6) is 0 Å². The van der Waals surface area contributed by atoms with Crippen LogP contribution in [0.15, 0.2) is 0 Å². The van der Waals surface area contributed by atoms with Gasteiger partial charge in [-0.25, -0.2) is 0 Å². The molecule has 0 amide bonds. The summed E-state index contributed by atoms with van der Waals surface area (Å²) >= 11 is 0. The molecule has 0 fully saturated rings. The third-order valence-electron chi connectivity index (χ3n) is 6.01. The van der Waals surface area contributed by atoms with E-state index in [1.54, 1.807) is 0 Å². The molecule has 10 atom stereocenters. The third-order valence-corrected chi connectivity index (χ3v) is 6.01. The van der Waals surface area contributed by atoms with Crippen molar-refractivity contribution in [2.24, 2.45) is 0 Å². The van der Waals surface area contributed by atoms with E-state index in [2.05, 4.69) is 0 Å². The van der Waals surface area contributed by atoms with Crippen molar-refractivity contribution >= 4 is 0 Å². The van der Waals surface area contributed by atoms with Crippen molar-refractivity contribution in [3.8, 4) is 0 Å². The normalized spacial score (nSPS) is 18.1. The second-order valence-electron chi connectivity index (χ2n) is 11.7. The Morgan fingerprint density at radius 1 is 0.196 bits per heavy atom. The number of rotatable bonds is 38. The minimum atomic E-state index is -1.05. The molecule has 12 N–H and O–H groups in total. The highest BCUT2D eigenvalue weighted by atomic mass is 16.6. The Kier molecular flexibility index (Phi) is 33.2. The lowest BCUT2D eigenvalue weighted by molar-refractivity contribution is -0.0897. The van der Waals surface area contributed by atoms with E-state index in [9.17, 15) is 40.9 Å². The number of aliphatic hydroxyl groups excluding tert-OH is 12. The molecule has 0 aromatic rings. The molecule has 51 heavy (non-hydrogen) atoms. The van der Waals surface area contributed by atoms with E-state index in [0.29, 0.717) is 0 Å². The number of ether oxygens (including phenoxy) is 9. The molecule has 0 radical (unpaired) electrons. The van der Waals surface area contributed by atoms with Gasteiger partial charge in [0.2, 0.25) is 0 Å². The number of hydrogen-bond donors (Lipinski definition) is 12. The second kappa shape index (κ2) is 33.7. The maximum absolute atomic E-state index is 9.95. The summed E-state index contributed by atoms with van der Waals surface area (Å²) in [6, 6.07) is 0. The first-order valence-electron chi connectivity index (χ1n) is 16.6. The van der Waals surface area contributed by atoms with Crippen LogP contribution in [-0.2, 0) is 42.6 Å². The van der Waals surface area contributed by atoms with E-state index in [4.69, 9.17) is 63.1 Å². The second-order valence-corrected chi connectivity index (χ2v) is 11.7. The molecule has 0 saturated heterocycles. The summed E-state index contributed by atoms with van der Waals surface area (Å²) in [5.41, 5.74) is 0. The Hall–Kier alpha value is -0.840. The molecule has 0 aliphatic carbocycles. The molecule has 0 heterocycles. The molecule has 21 heteroatoms. The summed E-state index contributed by atoms with van der Waals surface area (Å²) in [5.74, 6) is 0. The van der Waals surface area contributed by atoms with Crippen molar-refractivity contribution in [2.75, 3.05) is 132 Å². The van der Waals surface area contributed by atoms with Crippen LogP contribution >= 0.6 is 0 Å². The third kappa shape index (κ3) is 33.5. The zero-order chi connectivity index (χ0) is 38.3. The van der Waals surface area contributed by atoms with Gasteiger partial charge in [0.15, 0.2) is 0 Å². The molecule has 0 bridgehead atoms. The highest BCUT2D eigenvalue weighted by Gasteiger charge is 2.15. The molecule has 0 aromatic carbocycles. The van der Waals surface area contributed by atoms with Gasteiger partial charge in [0.1, 0.15) is 61.0 Å². The lowest BCUT2D eigenvalue weighted by atomic mass is 10.3. The van der Waals surface area contributed by atoms with Crippen LogP contribution in [-0.4, -0.2) is 254 Å². The molecule has 0 aliphatic rings. The first-order valence-corrected chi connectivity index (χ1v) is 16.6. The van der Waals surface area contributed by atoms with E-state index in [0.717, 1.165) is 0 Å². The van der Waals surface area contributed by atoms with Gasteiger partial charge in [0, 0.05) is 0 Å². The van der Waals surface area contributed by atoms with E-state index in [1.165, 1.54) is 0 Å². The summed E-state index contributed by atoms with van der Waals surface area (Å²) < 4.78 is 46.3. The van der Waals surface area contributed by atoms with Gasteiger partial charge < -0.3 is 104 Å². The van der Waals surface area contributed by atoms with Crippen LogP contribution in [0.2, 0.25) is 0 Å². The van der Waals surface area contributed by atoms with E-state index < -0.39 is 74.3 Å². The SMILES string of the molecule is OC[C@@H](O)COC[C@@H](O)COC[C@@H](O)COC[C@@H](O)COC[C@@H](O)COC[C@@H](O)COC[C@@H](O)COC[C@@H](O)COC[C@@H](O)COC[C@@H](O)CO. The van der Waals surface area contributed by atoms with Crippen LogP contribution in [0.3, 0.4) is 0 Å². The molecule has 0 saturated carbocycles. The Morgan fingerprint density at radius 3 is 0.392 bits per heavy atom. The lowest BCUT2D eigenvalue weighted by Crippen LogP contribution is -2.32. The van der Waals surface area contributed by atoms with E-state index in [1.807, 2.05) is 0 Å². The van der Waals surface area contributed by atoms with Crippen LogP contribution in [0, 0.1) is 0 Å². The fourth-order valence-corrected chi connectivity index (χ4v) is 3.55. The summed E-state index contributed by atoms with van der Waals surface area (Å²) in [7, 11) is 0. The van der Waals surface area contributed by atoms with Crippen LogP contribution in [0.25, 0.3) is 0 Å². The molecule has 0 aromatic heterocycles. The standard InChI is InChI=1S/C30H62O21/c31-1-21(33)3-43-5-23(35)7-45-9-25(37)11-47-13-27(39)15-49-17-29(41)19-51-20-30(42)18-50-16-28(40)14-48-12-26(38)10-46-8-24(36)6-44-4-22(34)2-32/h21-42H,1-20H2/t21-,22+,23-,24+,25-,26+,27-,28+,29-,30+. The molecular formula is C30H62O21. The molecule has 0 unspecified atom stereocenters. The molecule has 308 valence electrons. The minimum Gasteiger partial charge on any atom is -0.394 e. The molecule has 0 aliphatic heterocycles. The summed E-state index contributed by atoms with van der Waals surface area (Å²) in [5, 5.41) is 115. The van der Waals surface area contributed by atoms with Crippen molar-refractivity contribution in [1.82, 2.24) is 0 Å². The minimum absolute atomic E-state index is 0.123. The number of hydrogen-bond acceptors (Lipinski definition) is 21. The van der Waals surface area contributed by atoms with Gasteiger partial charge in [-0.3, -0.25) is 0 Å². The first kappa shape index (κ1) is 50.2. The largest absolute Gasteiger partial charge is 0.394 e. The van der Waals surface area contributed by atoms with Crippen LogP contribution in [0.4, 0.5) is 0 Å². The maximum Gasteiger partial charge on any atom is 0.101 e. The zero-order valence-corrected chi connectivity index (χ0v) is 29.0. The van der Waals surface area contributed by atoms with Gasteiger partial charge in [0.25, 0.3) is 0 Å². The van der Waals surface area contributed by atoms with Crippen molar-refractivity contribution in [3.63, 3.8) is 0 Å². The summed E-state index contributed by atoms with van der Waals surface area (Å²) in [6.45, 7) is -3.68. The zero-order valence-electron chi connectivity index (χ0n) is 29.0. The number of aliphatic hydroxyl groups is 12. The Morgan fingerprint density at radius 2 is 0.294 bits per heavy atom. The van der Waals surface area contributed by atoms with Gasteiger partial charge in [-0.1, -0.05) is 0 Å². The van der Waals surface area contributed by atoms with Gasteiger partial charge >= 0.3 is 0 Å².